The fourth-order valence-electron chi connectivity index (χ4n) is 1.72. The minimum atomic E-state index is -0.502. The Hall–Kier alpha value is -2.89. The third-order valence-corrected chi connectivity index (χ3v) is 2.71. The summed E-state index contributed by atoms with van der Waals surface area (Å²) in [5.41, 5.74) is 1.01. The summed E-state index contributed by atoms with van der Waals surface area (Å²) in [5, 5.41) is 14.5. The van der Waals surface area contributed by atoms with Crippen molar-refractivity contribution in [2.75, 3.05) is 6.61 Å². The van der Waals surface area contributed by atoms with Crippen molar-refractivity contribution in [2.24, 2.45) is 0 Å². The minimum Gasteiger partial charge on any atom is -0.490 e. The summed E-state index contributed by atoms with van der Waals surface area (Å²) in [6, 6.07) is 7.29. The van der Waals surface area contributed by atoms with Crippen LogP contribution in [0, 0.1) is 17.0 Å². The van der Waals surface area contributed by atoms with Crippen LogP contribution in [0.2, 0.25) is 0 Å². The molecule has 0 radical (unpaired) electrons. The van der Waals surface area contributed by atoms with E-state index in [9.17, 15) is 10.1 Å². The molecular weight excluding hydrogens is 272 g/mol. The van der Waals surface area contributed by atoms with Gasteiger partial charge in [-0.3, -0.25) is 10.1 Å². The van der Waals surface area contributed by atoms with Gasteiger partial charge in [-0.2, -0.15) is 0 Å². The molecule has 0 unspecified atom stereocenters. The van der Waals surface area contributed by atoms with Crippen molar-refractivity contribution in [3.63, 3.8) is 0 Å². The Bertz CT molecular complexity index is 671. The standard InChI is InChI=1S/C15H14N2O4/c1-3-10-20-13-7-4-12(5-8-13)6-9-14-15(17(18)19)11(2)16-21-14/h3-9H,1,10H2,2H3. The maximum atomic E-state index is 10.9. The van der Waals surface area contributed by atoms with Gasteiger partial charge >= 0.3 is 5.69 Å². The van der Waals surface area contributed by atoms with Crippen molar-refractivity contribution in [3.05, 3.63) is 64.1 Å². The van der Waals surface area contributed by atoms with E-state index in [2.05, 4.69) is 11.7 Å². The van der Waals surface area contributed by atoms with Gasteiger partial charge in [-0.25, -0.2) is 0 Å². The van der Waals surface area contributed by atoms with E-state index in [4.69, 9.17) is 9.26 Å². The zero-order valence-electron chi connectivity index (χ0n) is 11.5. The Balaban J connectivity index is 2.14. The summed E-state index contributed by atoms with van der Waals surface area (Å²) in [4.78, 5) is 10.4. The third-order valence-electron chi connectivity index (χ3n) is 2.71. The highest BCUT2D eigenvalue weighted by molar-refractivity contribution is 5.71. The lowest BCUT2D eigenvalue weighted by atomic mass is 10.2. The van der Waals surface area contributed by atoms with Gasteiger partial charge in [0.25, 0.3) is 0 Å². The van der Waals surface area contributed by atoms with E-state index >= 15 is 0 Å². The molecule has 21 heavy (non-hydrogen) atoms. The topological polar surface area (TPSA) is 78.4 Å². The van der Waals surface area contributed by atoms with Crippen LogP contribution in [0.3, 0.4) is 0 Å². The molecule has 6 nitrogen and oxygen atoms in total. The van der Waals surface area contributed by atoms with Gasteiger partial charge in [0, 0.05) is 0 Å². The lowest BCUT2D eigenvalue weighted by Gasteiger charge is -2.02. The highest BCUT2D eigenvalue weighted by atomic mass is 16.6. The number of ether oxygens (including phenoxy) is 1. The molecular formula is C15H14N2O4. The van der Waals surface area contributed by atoms with Crippen molar-refractivity contribution in [1.29, 1.82) is 0 Å². The molecule has 2 aromatic rings. The fraction of sp³-hybridized carbons (Fsp3) is 0.133. The summed E-state index contributed by atoms with van der Waals surface area (Å²) in [5.74, 6) is 0.859. The Kier molecular flexibility index (Phi) is 4.50. The number of hydrogen-bond donors (Lipinski definition) is 0. The maximum absolute atomic E-state index is 10.9. The van der Waals surface area contributed by atoms with Gasteiger partial charge in [0.05, 0.1) is 4.92 Å². The second-order valence-electron chi connectivity index (χ2n) is 4.24. The summed E-state index contributed by atoms with van der Waals surface area (Å²) in [7, 11) is 0. The van der Waals surface area contributed by atoms with Crippen LogP contribution in [0.25, 0.3) is 12.2 Å². The monoisotopic (exact) mass is 286 g/mol. The molecule has 0 N–H and O–H groups in total. The minimum absolute atomic E-state index is 0.114. The maximum Gasteiger partial charge on any atom is 0.338 e. The van der Waals surface area contributed by atoms with Crippen LogP contribution >= 0.6 is 0 Å². The number of hydrogen-bond acceptors (Lipinski definition) is 5. The first kappa shape index (κ1) is 14.5. The van der Waals surface area contributed by atoms with Gasteiger partial charge < -0.3 is 9.26 Å². The van der Waals surface area contributed by atoms with E-state index in [1.54, 1.807) is 12.2 Å². The van der Waals surface area contributed by atoms with Gasteiger partial charge in [0.2, 0.25) is 5.76 Å². The summed E-state index contributed by atoms with van der Waals surface area (Å²) in [6.45, 7) is 5.55. The second kappa shape index (κ2) is 6.51. The van der Waals surface area contributed by atoms with E-state index in [0.29, 0.717) is 6.61 Å². The molecule has 1 aromatic heterocycles. The first-order chi connectivity index (χ1) is 10.1. The normalized spacial score (nSPS) is 10.7. The molecule has 0 saturated carbocycles. The molecule has 0 amide bonds. The van der Waals surface area contributed by atoms with E-state index < -0.39 is 4.92 Å². The predicted molar refractivity (Wildman–Crippen MR) is 79.0 cm³/mol. The molecule has 1 heterocycles. The van der Waals surface area contributed by atoms with Crippen LogP contribution in [0.1, 0.15) is 17.0 Å². The van der Waals surface area contributed by atoms with Crippen LogP contribution in [-0.2, 0) is 0 Å². The van der Waals surface area contributed by atoms with Gasteiger partial charge in [0.1, 0.15) is 12.4 Å². The van der Waals surface area contributed by atoms with Crippen molar-refractivity contribution in [3.8, 4) is 5.75 Å². The van der Waals surface area contributed by atoms with E-state index in [0.717, 1.165) is 11.3 Å². The predicted octanol–water partition coefficient (Wildman–Crippen LogP) is 3.63. The Morgan fingerprint density at radius 2 is 2.10 bits per heavy atom. The zero-order valence-corrected chi connectivity index (χ0v) is 11.5. The number of aryl methyl sites for hydroxylation is 1. The van der Waals surface area contributed by atoms with Crippen molar-refractivity contribution >= 4 is 17.8 Å². The van der Waals surface area contributed by atoms with E-state index in [-0.39, 0.29) is 17.1 Å². The Morgan fingerprint density at radius 1 is 1.38 bits per heavy atom. The van der Waals surface area contributed by atoms with Crippen LogP contribution in [-0.4, -0.2) is 16.7 Å². The second-order valence-corrected chi connectivity index (χ2v) is 4.24. The highest BCUT2D eigenvalue weighted by Crippen LogP contribution is 2.24. The molecule has 0 aliphatic heterocycles. The number of nitro groups is 1. The van der Waals surface area contributed by atoms with Crippen molar-refractivity contribution in [2.45, 2.75) is 6.92 Å². The lowest BCUT2D eigenvalue weighted by Crippen LogP contribution is -1.92. The van der Waals surface area contributed by atoms with Crippen molar-refractivity contribution in [1.82, 2.24) is 5.16 Å². The molecule has 0 aliphatic rings. The molecule has 1 aromatic carbocycles. The molecule has 0 aliphatic carbocycles. The van der Waals surface area contributed by atoms with Gasteiger partial charge in [-0.15, -0.1) is 0 Å². The molecule has 6 heteroatoms. The summed E-state index contributed by atoms with van der Waals surface area (Å²) >= 11 is 0. The average Bonchev–Trinajstić information content (AvgIpc) is 2.85. The number of benzene rings is 1. The lowest BCUT2D eigenvalue weighted by molar-refractivity contribution is -0.386. The van der Waals surface area contributed by atoms with Crippen LogP contribution in [0.15, 0.2) is 41.4 Å². The third kappa shape index (κ3) is 3.56. The summed E-state index contributed by atoms with van der Waals surface area (Å²) in [6.07, 6.45) is 4.90. The largest absolute Gasteiger partial charge is 0.490 e. The highest BCUT2D eigenvalue weighted by Gasteiger charge is 2.21. The van der Waals surface area contributed by atoms with Crippen molar-refractivity contribution < 1.29 is 14.2 Å². The van der Waals surface area contributed by atoms with Crippen LogP contribution in [0.4, 0.5) is 5.69 Å². The first-order valence-electron chi connectivity index (χ1n) is 6.24. The molecule has 0 fully saturated rings. The van der Waals surface area contributed by atoms with E-state index in [1.165, 1.54) is 13.0 Å². The number of nitrogens with zero attached hydrogens (tertiary/aromatic N) is 2. The Morgan fingerprint density at radius 3 is 2.71 bits per heavy atom. The van der Waals surface area contributed by atoms with Crippen LogP contribution in [0.5, 0.6) is 5.75 Å². The average molecular weight is 286 g/mol. The molecule has 0 saturated heterocycles. The molecule has 0 spiro atoms. The Labute approximate surface area is 121 Å². The first-order valence-corrected chi connectivity index (χ1v) is 6.24. The molecule has 2 rings (SSSR count). The SMILES string of the molecule is C=CCOc1ccc(C=Cc2onc(C)c2[N+](=O)[O-])cc1. The molecule has 0 bridgehead atoms. The van der Waals surface area contributed by atoms with Gasteiger partial charge in [-0.05, 0) is 30.7 Å². The summed E-state index contributed by atoms with van der Waals surface area (Å²) < 4.78 is 10.3. The molecule has 108 valence electrons. The van der Waals surface area contributed by atoms with E-state index in [1.807, 2.05) is 24.3 Å². The zero-order chi connectivity index (χ0) is 15.2. The quantitative estimate of drug-likeness (QED) is 0.460. The van der Waals surface area contributed by atoms with Crippen LogP contribution < -0.4 is 4.74 Å². The number of rotatable bonds is 6. The smallest absolute Gasteiger partial charge is 0.338 e. The molecule has 0 atom stereocenters. The van der Waals surface area contributed by atoms with Gasteiger partial charge in [0.15, 0.2) is 5.69 Å². The van der Waals surface area contributed by atoms with Gasteiger partial charge in [-0.1, -0.05) is 36.0 Å². The fourth-order valence-corrected chi connectivity index (χ4v) is 1.72. The number of aromatic nitrogens is 1.